The van der Waals surface area contributed by atoms with Crippen molar-refractivity contribution in [2.45, 2.75) is 64.9 Å². The van der Waals surface area contributed by atoms with E-state index in [0.717, 1.165) is 66.3 Å². The lowest BCUT2D eigenvalue weighted by molar-refractivity contribution is 0.0282. The minimum Gasteiger partial charge on any atom is -0.493 e. The second kappa shape index (κ2) is 8.95. The highest BCUT2D eigenvalue weighted by atomic mass is 16.5. The predicted molar refractivity (Wildman–Crippen MR) is 140 cm³/mol. The van der Waals surface area contributed by atoms with Crippen LogP contribution in [-0.4, -0.2) is 61.9 Å². The molecule has 186 valence electrons. The van der Waals surface area contributed by atoms with Gasteiger partial charge >= 0.3 is 0 Å². The van der Waals surface area contributed by atoms with E-state index >= 15 is 0 Å². The largest absolute Gasteiger partial charge is 0.493 e. The Morgan fingerprint density at radius 1 is 1.20 bits per heavy atom. The number of likely N-dealkylation sites (tertiary alicyclic amines) is 1. The molecule has 7 heteroatoms. The zero-order valence-corrected chi connectivity index (χ0v) is 21.7. The monoisotopic (exact) mass is 475 g/mol. The molecule has 0 amide bonds. The molecule has 4 aromatic rings. The number of methoxy groups -OCH3 is 1. The lowest BCUT2D eigenvalue weighted by Crippen LogP contribution is -2.42. The normalized spacial score (nSPS) is 16.1. The third-order valence-corrected chi connectivity index (χ3v) is 7.39. The molecule has 0 spiro atoms. The standard InChI is InChI=1S/C28H37N5O2/c1-17(2)25-22-13-20(19-9-11-32(12-10-19)15-28(4,5)34)7-8-23(22)30-26(25)21-14-24(35-6)27-31-29-16-33(27)18(21)3/h7-8,13-14,16-17,19,30,34H,9-12,15H2,1-6H3. The first-order valence-electron chi connectivity index (χ1n) is 12.6. The number of hydrogen-bond acceptors (Lipinski definition) is 5. The Morgan fingerprint density at radius 3 is 2.60 bits per heavy atom. The first kappa shape index (κ1) is 23.8. The second-order valence-corrected chi connectivity index (χ2v) is 11.0. The Kier molecular flexibility index (Phi) is 6.09. The summed E-state index contributed by atoms with van der Waals surface area (Å²) in [5, 5.41) is 19.8. The van der Waals surface area contributed by atoms with Crippen molar-refractivity contribution >= 4 is 16.6 Å². The second-order valence-electron chi connectivity index (χ2n) is 11.0. The van der Waals surface area contributed by atoms with Gasteiger partial charge < -0.3 is 19.7 Å². The highest BCUT2D eigenvalue weighted by Gasteiger charge is 2.26. The number of rotatable bonds is 6. The summed E-state index contributed by atoms with van der Waals surface area (Å²) >= 11 is 0. The number of hydrogen-bond donors (Lipinski definition) is 2. The summed E-state index contributed by atoms with van der Waals surface area (Å²) in [5.74, 6) is 1.62. The number of aryl methyl sites for hydroxylation is 1. The van der Waals surface area contributed by atoms with Crippen LogP contribution in [0.25, 0.3) is 27.8 Å². The van der Waals surface area contributed by atoms with Gasteiger partial charge in [0.25, 0.3) is 0 Å². The van der Waals surface area contributed by atoms with Gasteiger partial charge in [-0.1, -0.05) is 19.9 Å². The minimum absolute atomic E-state index is 0.352. The first-order valence-corrected chi connectivity index (χ1v) is 12.6. The molecule has 0 atom stereocenters. The molecule has 7 nitrogen and oxygen atoms in total. The molecule has 1 aliphatic rings. The molecule has 1 fully saturated rings. The molecule has 0 aliphatic carbocycles. The Bertz CT molecular complexity index is 1350. The van der Waals surface area contributed by atoms with Crippen LogP contribution in [0.1, 0.15) is 69.2 Å². The van der Waals surface area contributed by atoms with Crippen molar-refractivity contribution in [3.63, 3.8) is 0 Å². The molecule has 0 saturated carbocycles. The van der Waals surface area contributed by atoms with Crippen molar-refractivity contribution < 1.29 is 9.84 Å². The number of pyridine rings is 1. The molecule has 0 bridgehead atoms. The van der Waals surface area contributed by atoms with E-state index in [1.807, 2.05) is 18.2 Å². The molecule has 1 aromatic carbocycles. The fourth-order valence-corrected chi connectivity index (χ4v) is 5.75. The van der Waals surface area contributed by atoms with E-state index < -0.39 is 5.60 Å². The average Bonchev–Trinajstić information content (AvgIpc) is 3.44. The van der Waals surface area contributed by atoms with Gasteiger partial charge in [-0.15, -0.1) is 10.2 Å². The molecule has 1 aliphatic heterocycles. The number of aromatic nitrogens is 4. The van der Waals surface area contributed by atoms with Crippen molar-refractivity contribution in [2.24, 2.45) is 0 Å². The quantitative estimate of drug-likeness (QED) is 0.397. The summed E-state index contributed by atoms with van der Waals surface area (Å²) in [6.07, 6.45) is 3.99. The molecule has 5 rings (SSSR count). The maximum atomic E-state index is 10.2. The summed E-state index contributed by atoms with van der Waals surface area (Å²) in [6, 6.07) is 9.02. The van der Waals surface area contributed by atoms with E-state index in [2.05, 4.69) is 65.1 Å². The van der Waals surface area contributed by atoms with Crippen LogP contribution in [0.5, 0.6) is 5.75 Å². The topological polar surface area (TPSA) is 78.7 Å². The lowest BCUT2D eigenvalue weighted by Gasteiger charge is -2.35. The van der Waals surface area contributed by atoms with Gasteiger partial charge in [0, 0.05) is 28.7 Å². The van der Waals surface area contributed by atoms with Crippen LogP contribution in [0.2, 0.25) is 0 Å². The molecule has 35 heavy (non-hydrogen) atoms. The van der Waals surface area contributed by atoms with E-state index in [4.69, 9.17) is 4.74 Å². The predicted octanol–water partition coefficient (Wildman–Crippen LogP) is 5.27. The number of aromatic amines is 1. The van der Waals surface area contributed by atoms with Gasteiger partial charge in [0.1, 0.15) is 6.33 Å². The lowest BCUT2D eigenvalue weighted by atomic mass is 9.87. The third kappa shape index (κ3) is 4.43. The summed E-state index contributed by atoms with van der Waals surface area (Å²) in [6.45, 7) is 13.2. The number of piperidine rings is 1. The SMILES string of the molecule is COc1cc(-c2[nH]c3ccc(C4CCN(CC(C)(C)O)CC4)cc3c2C(C)C)c(C)n2cnnc12. The molecule has 3 aromatic heterocycles. The zero-order valence-electron chi connectivity index (χ0n) is 21.7. The molecule has 2 N–H and O–H groups in total. The maximum Gasteiger partial charge on any atom is 0.203 e. The van der Waals surface area contributed by atoms with E-state index in [1.165, 1.54) is 16.5 Å². The van der Waals surface area contributed by atoms with E-state index in [9.17, 15) is 5.11 Å². The van der Waals surface area contributed by atoms with Crippen molar-refractivity contribution in [3.05, 3.63) is 47.4 Å². The van der Waals surface area contributed by atoms with Crippen LogP contribution < -0.4 is 4.74 Å². The number of H-pyrrole nitrogens is 1. The Hall–Kier alpha value is -2.90. The Morgan fingerprint density at radius 2 is 1.94 bits per heavy atom. The number of fused-ring (bicyclic) bond motifs is 2. The number of nitrogens with zero attached hydrogens (tertiary/aromatic N) is 4. The van der Waals surface area contributed by atoms with Crippen molar-refractivity contribution in [2.75, 3.05) is 26.7 Å². The molecular formula is C28H37N5O2. The van der Waals surface area contributed by atoms with Gasteiger partial charge in [-0.3, -0.25) is 4.40 Å². The molecule has 0 radical (unpaired) electrons. The average molecular weight is 476 g/mol. The van der Waals surface area contributed by atoms with E-state index in [1.54, 1.807) is 13.4 Å². The smallest absolute Gasteiger partial charge is 0.203 e. The van der Waals surface area contributed by atoms with Gasteiger partial charge in [-0.25, -0.2) is 0 Å². The maximum absolute atomic E-state index is 10.2. The van der Waals surface area contributed by atoms with Crippen LogP contribution in [-0.2, 0) is 0 Å². The summed E-state index contributed by atoms with van der Waals surface area (Å²) in [7, 11) is 1.68. The molecule has 4 heterocycles. The van der Waals surface area contributed by atoms with Crippen LogP contribution in [0.3, 0.4) is 0 Å². The van der Waals surface area contributed by atoms with Crippen molar-refractivity contribution in [1.82, 2.24) is 24.5 Å². The zero-order chi connectivity index (χ0) is 24.9. The fraction of sp³-hybridized carbons (Fsp3) is 0.500. The van der Waals surface area contributed by atoms with Crippen molar-refractivity contribution in [1.29, 1.82) is 0 Å². The van der Waals surface area contributed by atoms with Crippen LogP contribution in [0.4, 0.5) is 0 Å². The number of nitrogens with one attached hydrogen (secondary N) is 1. The third-order valence-electron chi connectivity index (χ3n) is 7.39. The summed E-state index contributed by atoms with van der Waals surface area (Å²) < 4.78 is 7.65. The fourth-order valence-electron chi connectivity index (χ4n) is 5.75. The Balaban J connectivity index is 1.53. The van der Waals surface area contributed by atoms with E-state index in [-0.39, 0.29) is 0 Å². The van der Waals surface area contributed by atoms with Gasteiger partial charge in [-0.05, 0) is 87.9 Å². The van der Waals surface area contributed by atoms with Crippen LogP contribution in [0.15, 0.2) is 30.6 Å². The number of benzene rings is 1. The number of aliphatic hydroxyl groups is 1. The summed E-state index contributed by atoms with van der Waals surface area (Å²) in [4.78, 5) is 6.12. The highest BCUT2D eigenvalue weighted by molar-refractivity contribution is 5.92. The highest BCUT2D eigenvalue weighted by Crippen LogP contribution is 2.40. The van der Waals surface area contributed by atoms with Gasteiger partial charge in [0.05, 0.1) is 18.4 Å². The van der Waals surface area contributed by atoms with Gasteiger partial charge in [0.2, 0.25) is 5.65 Å². The number of ether oxygens (including phenoxy) is 1. The Labute approximate surface area is 207 Å². The van der Waals surface area contributed by atoms with E-state index in [0.29, 0.717) is 11.8 Å². The first-order chi connectivity index (χ1) is 16.7. The molecule has 0 unspecified atom stereocenters. The van der Waals surface area contributed by atoms with Crippen LogP contribution in [0, 0.1) is 6.92 Å². The molecular weight excluding hydrogens is 438 g/mol. The summed E-state index contributed by atoms with van der Waals surface area (Å²) in [5.41, 5.74) is 7.32. The van der Waals surface area contributed by atoms with Crippen molar-refractivity contribution in [3.8, 4) is 17.0 Å². The molecule has 1 saturated heterocycles. The van der Waals surface area contributed by atoms with Crippen LogP contribution >= 0.6 is 0 Å². The van der Waals surface area contributed by atoms with Gasteiger partial charge in [-0.2, -0.15) is 0 Å². The number of β-amino-alcohol motifs (C(OH)–C–C–N with tert-alkyl or cyclic N) is 1. The van der Waals surface area contributed by atoms with Gasteiger partial charge in [0.15, 0.2) is 5.75 Å². The minimum atomic E-state index is -0.643.